The van der Waals surface area contributed by atoms with Gasteiger partial charge in [-0.25, -0.2) is 4.98 Å². The van der Waals surface area contributed by atoms with Gasteiger partial charge in [-0.2, -0.15) is 0 Å². The molecule has 0 saturated carbocycles. The van der Waals surface area contributed by atoms with Crippen LogP contribution in [0.3, 0.4) is 0 Å². The van der Waals surface area contributed by atoms with Crippen molar-refractivity contribution in [3.05, 3.63) is 140 Å². The van der Waals surface area contributed by atoms with Gasteiger partial charge in [0.25, 0.3) is 0 Å². The van der Waals surface area contributed by atoms with Crippen molar-refractivity contribution >= 4 is 65.5 Å². The van der Waals surface area contributed by atoms with Crippen molar-refractivity contribution in [1.29, 1.82) is 0 Å². The maximum Gasteiger partial charge on any atom is 0.138 e. The summed E-state index contributed by atoms with van der Waals surface area (Å²) in [5.74, 6) is 0. The molecule has 0 radical (unpaired) electrons. The van der Waals surface area contributed by atoms with E-state index in [1.807, 2.05) is 18.2 Å². The molecule has 0 amide bonds. The molecule has 4 heteroatoms. The minimum atomic E-state index is 0.962. The lowest BCUT2D eigenvalue weighted by molar-refractivity contribution is 1.35. The highest BCUT2D eigenvalue weighted by Crippen LogP contribution is 2.25. The van der Waals surface area contributed by atoms with Crippen LogP contribution in [0.4, 0.5) is 0 Å². The van der Waals surface area contributed by atoms with Gasteiger partial charge in [0.2, 0.25) is 0 Å². The van der Waals surface area contributed by atoms with Crippen LogP contribution in [-0.2, 0) is 0 Å². The van der Waals surface area contributed by atoms with Crippen molar-refractivity contribution in [3.63, 3.8) is 0 Å². The van der Waals surface area contributed by atoms with Gasteiger partial charge in [0.15, 0.2) is 0 Å². The van der Waals surface area contributed by atoms with Crippen LogP contribution in [0.2, 0.25) is 0 Å². The second kappa shape index (κ2) is 9.84. The van der Waals surface area contributed by atoms with Crippen LogP contribution in [0.15, 0.2) is 140 Å². The van der Waals surface area contributed by atoms with Gasteiger partial charge in [0, 0.05) is 66.1 Å². The zero-order valence-corrected chi connectivity index (χ0v) is 21.2. The summed E-state index contributed by atoms with van der Waals surface area (Å²) in [5.41, 5.74) is 6.96. The number of fused-ring (bicyclic) bond motifs is 9. The van der Waals surface area contributed by atoms with Crippen LogP contribution in [0.5, 0.6) is 0 Å². The van der Waals surface area contributed by atoms with E-state index in [9.17, 15) is 0 Å². The first-order chi connectivity index (χ1) is 19.3. The second-order valence-electron chi connectivity index (χ2n) is 9.50. The van der Waals surface area contributed by atoms with Crippen LogP contribution >= 0.6 is 0 Å². The summed E-state index contributed by atoms with van der Waals surface area (Å²) >= 11 is 0. The molecule has 0 unspecified atom stereocenters. The monoisotopic (exact) mass is 502 g/mol. The smallest absolute Gasteiger partial charge is 0.138 e. The van der Waals surface area contributed by atoms with Gasteiger partial charge < -0.3 is 15.0 Å². The fraction of sp³-hybridized carbons (Fsp3) is 0. The molecule has 5 aromatic carbocycles. The van der Waals surface area contributed by atoms with Gasteiger partial charge in [-0.3, -0.25) is 0 Å². The molecular weight excluding hydrogens is 476 g/mol. The lowest BCUT2D eigenvalue weighted by Crippen LogP contribution is -1.71. The minimum absolute atomic E-state index is 0.962. The molecule has 0 fully saturated rings. The summed E-state index contributed by atoms with van der Waals surface area (Å²) < 4.78 is 0. The summed E-state index contributed by atoms with van der Waals surface area (Å²) in [7, 11) is 0. The molecule has 0 spiro atoms. The quantitative estimate of drug-likeness (QED) is 0.190. The molecule has 4 nitrogen and oxygen atoms in total. The largest absolute Gasteiger partial charge is 0.355 e. The number of para-hydroxylation sites is 5. The summed E-state index contributed by atoms with van der Waals surface area (Å²) in [6.45, 7) is 0. The number of aromatic nitrogens is 4. The van der Waals surface area contributed by atoms with Crippen molar-refractivity contribution in [2.45, 2.75) is 0 Å². The molecule has 9 aromatic rings. The molecule has 4 aromatic heterocycles. The fourth-order valence-electron chi connectivity index (χ4n) is 5.27. The molecular formula is C35H26N4. The van der Waals surface area contributed by atoms with Gasteiger partial charge in [-0.15, -0.1) is 0 Å². The van der Waals surface area contributed by atoms with Crippen LogP contribution in [-0.4, -0.2) is 19.9 Å². The van der Waals surface area contributed by atoms with E-state index in [4.69, 9.17) is 0 Å². The maximum absolute atomic E-state index is 4.26. The van der Waals surface area contributed by atoms with Gasteiger partial charge in [-0.05, 0) is 42.5 Å². The molecule has 4 heterocycles. The van der Waals surface area contributed by atoms with Crippen molar-refractivity contribution in [2.75, 3.05) is 0 Å². The van der Waals surface area contributed by atoms with E-state index in [0.717, 1.165) is 11.2 Å². The summed E-state index contributed by atoms with van der Waals surface area (Å²) in [5, 5.41) is 7.65. The SMILES string of the molecule is c1ccc2c(c1)[nH]c1ccccc12.c1ccc2c(c1)[nH]c1ccccc12.c1ccc2c(c1)[nH]c1ncccc12. The number of nitrogens with zero attached hydrogens (tertiary/aromatic N) is 1. The molecule has 186 valence electrons. The first-order valence-corrected chi connectivity index (χ1v) is 13.1. The number of pyridine rings is 1. The van der Waals surface area contributed by atoms with E-state index in [1.165, 1.54) is 54.4 Å². The summed E-state index contributed by atoms with van der Waals surface area (Å²) in [6.07, 6.45) is 1.80. The van der Waals surface area contributed by atoms with E-state index >= 15 is 0 Å². The third kappa shape index (κ3) is 4.28. The topological polar surface area (TPSA) is 60.3 Å². The summed E-state index contributed by atoms with van der Waals surface area (Å²) in [4.78, 5) is 14.3. The standard InChI is InChI=1S/2C12H9N.C11H8N2/c2*1-3-7-11-9(5-1)10-6-2-4-8-12(10)13-11;1-2-6-10-8(4-1)9-5-3-7-12-11(9)13-10/h2*1-8,13H;1-7H,(H,12,13). The van der Waals surface area contributed by atoms with E-state index in [1.54, 1.807) is 6.20 Å². The third-order valence-corrected chi connectivity index (χ3v) is 7.11. The lowest BCUT2D eigenvalue weighted by Gasteiger charge is -1.87. The molecule has 0 aliphatic carbocycles. The van der Waals surface area contributed by atoms with Crippen molar-refractivity contribution in [3.8, 4) is 0 Å². The molecule has 39 heavy (non-hydrogen) atoms. The first kappa shape index (κ1) is 22.8. The Morgan fingerprint density at radius 1 is 0.308 bits per heavy atom. The Balaban J connectivity index is 0.0000000974. The predicted octanol–water partition coefficient (Wildman–Crippen LogP) is 9.36. The average molecular weight is 503 g/mol. The van der Waals surface area contributed by atoms with Crippen LogP contribution < -0.4 is 0 Å². The molecule has 0 bridgehead atoms. The molecule has 0 aliphatic rings. The average Bonchev–Trinajstić information content (AvgIpc) is 3.69. The van der Waals surface area contributed by atoms with Crippen LogP contribution in [0.25, 0.3) is 65.5 Å². The Morgan fingerprint density at radius 3 is 1.03 bits per heavy atom. The molecule has 0 saturated heterocycles. The number of rotatable bonds is 0. The van der Waals surface area contributed by atoms with E-state index < -0.39 is 0 Å². The Kier molecular flexibility index (Phi) is 5.76. The van der Waals surface area contributed by atoms with Gasteiger partial charge in [0.05, 0.1) is 0 Å². The minimum Gasteiger partial charge on any atom is -0.355 e. The van der Waals surface area contributed by atoms with Crippen molar-refractivity contribution in [1.82, 2.24) is 19.9 Å². The van der Waals surface area contributed by atoms with E-state index in [2.05, 4.69) is 135 Å². The molecule has 3 N–H and O–H groups in total. The number of nitrogens with one attached hydrogen (secondary N) is 3. The molecule has 0 aliphatic heterocycles. The maximum atomic E-state index is 4.26. The van der Waals surface area contributed by atoms with Crippen molar-refractivity contribution in [2.24, 2.45) is 0 Å². The fourth-order valence-corrected chi connectivity index (χ4v) is 5.27. The van der Waals surface area contributed by atoms with Crippen LogP contribution in [0.1, 0.15) is 0 Å². The van der Waals surface area contributed by atoms with E-state index in [-0.39, 0.29) is 0 Å². The van der Waals surface area contributed by atoms with Gasteiger partial charge in [0.1, 0.15) is 5.65 Å². The second-order valence-corrected chi connectivity index (χ2v) is 9.50. The Labute approximate surface area is 224 Å². The number of hydrogen-bond acceptors (Lipinski definition) is 1. The molecule has 0 atom stereocenters. The van der Waals surface area contributed by atoms with Gasteiger partial charge >= 0.3 is 0 Å². The Morgan fingerprint density at radius 2 is 0.615 bits per heavy atom. The highest BCUT2D eigenvalue weighted by molar-refractivity contribution is 6.08. The van der Waals surface area contributed by atoms with Crippen molar-refractivity contribution < 1.29 is 0 Å². The number of hydrogen-bond donors (Lipinski definition) is 3. The zero-order chi connectivity index (χ0) is 26.0. The highest BCUT2D eigenvalue weighted by Gasteiger charge is 2.02. The normalized spacial score (nSPS) is 11.1. The Hall–Kier alpha value is -5.35. The Bertz CT molecular complexity index is 1790. The third-order valence-electron chi connectivity index (χ3n) is 7.11. The lowest BCUT2D eigenvalue weighted by atomic mass is 10.2. The van der Waals surface area contributed by atoms with Gasteiger partial charge in [-0.1, -0.05) is 91.0 Å². The molecule has 9 rings (SSSR count). The first-order valence-electron chi connectivity index (χ1n) is 13.1. The number of aromatic amines is 3. The number of H-pyrrole nitrogens is 3. The summed E-state index contributed by atoms with van der Waals surface area (Å²) in [6, 6.07) is 45.8. The number of benzene rings is 5. The zero-order valence-electron chi connectivity index (χ0n) is 21.2. The predicted molar refractivity (Wildman–Crippen MR) is 165 cm³/mol. The van der Waals surface area contributed by atoms with Crippen LogP contribution in [0, 0.1) is 0 Å². The highest BCUT2D eigenvalue weighted by atomic mass is 14.8. The van der Waals surface area contributed by atoms with E-state index in [0.29, 0.717) is 0 Å².